The lowest BCUT2D eigenvalue weighted by Gasteiger charge is -2.09. The van der Waals surface area contributed by atoms with Crippen LogP contribution in [0, 0.1) is 13.8 Å². The van der Waals surface area contributed by atoms with Gasteiger partial charge < -0.3 is 15.2 Å². The van der Waals surface area contributed by atoms with E-state index >= 15 is 0 Å². The van der Waals surface area contributed by atoms with E-state index in [-0.39, 0.29) is 5.56 Å². The first kappa shape index (κ1) is 14.8. The number of benzene rings is 1. The molecule has 0 unspecified atom stereocenters. The maximum Gasteiger partial charge on any atom is 0.335 e. The Bertz CT molecular complexity index is 671. The minimum atomic E-state index is -0.940. The molecule has 2 aromatic rings. The van der Waals surface area contributed by atoms with Crippen LogP contribution in [0.15, 0.2) is 24.3 Å². The summed E-state index contributed by atoms with van der Waals surface area (Å²) in [6, 6.07) is 6.74. The quantitative estimate of drug-likeness (QED) is 0.879. The number of nitrogens with zero attached hydrogens (tertiary/aromatic N) is 2. The fourth-order valence-electron chi connectivity index (χ4n) is 1.93. The van der Waals surface area contributed by atoms with Crippen molar-refractivity contribution in [2.45, 2.75) is 20.8 Å². The molecule has 2 rings (SSSR count). The van der Waals surface area contributed by atoms with E-state index in [1.54, 1.807) is 31.2 Å². The molecule has 0 aliphatic rings. The molecule has 0 radical (unpaired) electrons. The molecular formula is C15H17N3O3. The van der Waals surface area contributed by atoms with Crippen LogP contribution in [0.2, 0.25) is 0 Å². The first-order valence-corrected chi connectivity index (χ1v) is 6.59. The highest BCUT2D eigenvalue weighted by atomic mass is 16.5. The number of aromatic carboxylic acids is 1. The van der Waals surface area contributed by atoms with Crippen LogP contribution in [0.5, 0.6) is 5.88 Å². The molecule has 0 aliphatic carbocycles. The van der Waals surface area contributed by atoms with Gasteiger partial charge in [-0.3, -0.25) is 0 Å². The molecular weight excluding hydrogens is 270 g/mol. The topological polar surface area (TPSA) is 84.3 Å². The Kier molecular flexibility index (Phi) is 4.37. The minimum Gasteiger partial charge on any atom is -0.478 e. The van der Waals surface area contributed by atoms with E-state index in [9.17, 15) is 4.79 Å². The molecule has 0 saturated heterocycles. The molecule has 0 amide bonds. The fourth-order valence-corrected chi connectivity index (χ4v) is 1.93. The van der Waals surface area contributed by atoms with Crippen LogP contribution in [0.4, 0.5) is 11.6 Å². The average Bonchev–Trinajstić information content (AvgIpc) is 2.37. The third kappa shape index (κ3) is 3.68. The van der Waals surface area contributed by atoms with E-state index in [4.69, 9.17) is 9.84 Å². The smallest absolute Gasteiger partial charge is 0.335 e. The minimum absolute atomic E-state index is 0.278. The maximum absolute atomic E-state index is 11.0. The third-order valence-electron chi connectivity index (χ3n) is 2.84. The molecule has 0 bridgehead atoms. The van der Waals surface area contributed by atoms with Crippen LogP contribution in [0.1, 0.15) is 28.5 Å². The number of anilines is 2. The van der Waals surface area contributed by atoms with E-state index in [1.807, 2.05) is 13.8 Å². The molecule has 1 aromatic carbocycles. The van der Waals surface area contributed by atoms with Crippen molar-refractivity contribution in [1.29, 1.82) is 0 Å². The van der Waals surface area contributed by atoms with Crippen molar-refractivity contribution in [2.24, 2.45) is 0 Å². The number of aryl methyl sites for hydroxylation is 2. The van der Waals surface area contributed by atoms with Crippen molar-refractivity contribution in [1.82, 2.24) is 9.97 Å². The van der Waals surface area contributed by atoms with Crippen molar-refractivity contribution in [3.8, 4) is 5.88 Å². The molecule has 110 valence electrons. The standard InChI is InChI=1S/C15H17N3O3/c1-4-21-13-8-10(3)16-15(18-13)17-11-5-6-12(14(19)20)9(2)7-11/h5-8H,4H2,1-3H3,(H,19,20)(H,16,17,18). The molecule has 1 aromatic heterocycles. The van der Waals surface area contributed by atoms with Gasteiger partial charge in [0.05, 0.1) is 12.2 Å². The summed E-state index contributed by atoms with van der Waals surface area (Å²) in [6.07, 6.45) is 0. The SMILES string of the molecule is CCOc1cc(C)nc(Nc2ccc(C(=O)O)c(C)c2)n1. The second-order valence-electron chi connectivity index (χ2n) is 4.56. The number of hydrogen-bond acceptors (Lipinski definition) is 5. The van der Waals surface area contributed by atoms with Gasteiger partial charge in [0.15, 0.2) is 0 Å². The van der Waals surface area contributed by atoms with Gasteiger partial charge >= 0.3 is 5.97 Å². The van der Waals surface area contributed by atoms with E-state index in [0.29, 0.717) is 24.0 Å². The van der Waals surface area contributed by atoms with E-state index in [2.05, 4.69) is 15.3 Å². The summed E-state index contributed by atoms with van der Waals surface area (Å²) in [7, 11) is 0. The Morgan fingerprint density at radius 3 is 2.67 bits per heavy atom. The predicted molar refractivity (Wildman–Crippen MR) is 79.4 cm³/mol. The molecule has 0 atom stereocenters. The Balaban J connectivity index is 2.25. The molecule has 0 aliphatic heterocycles. The molecule has 6 nitrogen and oxygen atoms in total. The number of carboxylic acid groups (broad SMARTS) is 1. The summed E-state index contributed by atoms with van der Waals surface area (Å²) in [6.45, 7) is 6.02. The Hall–Kier alpha value is -2.63. The zero-order valence-corrected chi connectivity index (χ0v) is 12.2. The van der Waals surface area contributed by atoms with Crippen molar-refractivity contribution < 1.29 is 14.6 Å². The largest absolute Gasteiger partial charge is 0.478 e. The molecule has 21 heavy (non-hydrogen) atoms. The lowest BCUT2D eigenvalue weighted by molar-refractivity contribution is 0.0696. The maximum atomic E-state index is 11.0. The Labute approximate surface area is 122 Å². The first-order valence-electron chi connectivity index (χ1n) is 6.59. The lowest BCUT2D eigenvalue weighted by atomic mass is 10.1. The number of rotatable bonds is 5. The van der Waals surface area contributed by atoms with E-state index in [1.165, 1.54) is 0 Å². The monoisotopic (exact) mass is 287 g/mol. The first-order chi connectivity index (χ1) is 9.99. The van der Waals surface area contributed by atoms with Crippen molar-refractivity contribution >= 4 is 17.6 Å². The van der Waals surface area contributed by atoms with Gasteiger partial charge in [-0.15, -0.1) is 0 Å². The highest BCUT2D eigenvalue weighted by molar-refractivity contribution is 5.90. The molecule has 0 fully saturated rings. The van der Waals surface area contributed by atoms with Crippen molar-refractivity contribution in [3.05, 3.63) is 41.1 Å². The highest BCUT2D eigenvalue weighted by Gasteiger charge is 2.08. The van der Waals surface area contributed by atoms with Crippen LogP contribution in [0.25, 0.3) is 0 Å². The normalized spacial score (nSPS) is 10.2. The van der Waals surface area contributed by atoms with Crippen molar-refractivity contribution in [2.75, 3.05) is 11.9 Å². The fraction of sp³-hybridized carbons (Fsp3) is 0.267. The third-order valence-corrected chi connectivity index (χ3v) is 2.84. The molecule has 0 spiro atoms. The summed E-state index contributed by atoms with van der Waals surface area (Å²) in [5.74, 6) is -0.0169. The van der Waals surface area contributed by atoms with Crippen molar-refractivity contribution in [3.63, 3.8) is 0 Å². The number of nitrogens with one attached hydrogen (secondary N) is 1. The van der Waals surface area contributed by atoms with Gasteiger partial charge in [-0.2, -0.15) is 4.98 Å². The van der Waals surface area contributed by atoms with Crippen LogP contribution in [0.3, 0.4) is 0 Å². The zero-order chi connectivity index (χ0) is 15.4. The summed E-state index contributed by atoms with van der Waals surface area (Å²) in [5, 5.41) is 12.1. The number of hydrogen-bond donors (Lipinski definition) is 2. The van der Waals surface area contributed by atoms with E-state index in [0.717, 1.165) is 11.4 Å². The Morgan fingerprint density at radius 1 is 1.29 bits per heavy atom. The summed E-state index contributed by atoms with van der Waals surface area (Å²) in [4.78, 5) is 19.5. The summed E-state index contributed by atoms with van der Waals surface area (Å²) < 4.78 is 5.37. The number of carboxylic acids is 1. The number of carbonyl (C=O) groups is 1. The van der Waals surface area contributed by atoms with Gasteiger partial charge in [0.1, 0.15) is 0 Å². The molecule has 6 heteroatoms. The summed E-state index contributed by atoms with van der Waals surface area (Å²) >= 11 is 0. The van der Waals surface area contributed by atoms with Gasteiger partial charge in [-0.1, -0.05) is 0 Å². The lowest BCUT2D eigenvalue weighted by Crippen LogP contribution is -2.04. The van der Waals surface area contributed by atoms with Crippen LogP contribution in [-0.4, -0.2) is 27.7 Å². The highest BCUT2D eigenvalue weighted by Crippen LogP contribution is 2.20. The molecule has 2 N–H and O–H groups in total. The van der Waals surface area contributed by atoms with Gasteiger partial charge in [0.2, 0.25) is 11.8 Å². The van der Waals surface area contributed by atoms with Gasteiger partial charge in [-0.25, -0.2) is 9.78 Å². The second-order valence-corrected chi connectivity index (χ2v) is 4.56. The molecule has 1 heterocycles. The average molecular weight is 287 g/mol. The number of ether oxygens (including phenoxy) is 1. The number of aromatic nitrogens is 2. The van der Waals surface area contributed by atoms with Gasteiger partial charge in [0.25, 0.3) is 0 Å². The van der Waals surface area contributed by atoms with Gasteiger partial charge in [0, 0.05) is 17.4 Å². The summed E-state index contributed by atoms with van der Waals surface area (Å²) in [5.41, 5.74) is 2.46. The van der Waals surface area contributed by atoms with Crippen LogP contribution >= 0.6 is 0 Å². The van der Waals surface area contributed by atoms with E-state index < -0.39 is 5.97 Å². The van der Waals surface area contributed by atoms with Crippen LogP contribution in [-0.2, 0) is 0 Å². The Morgan fingerprint density at radius 2 is 2.05 bits per heavy atom. The zero-order valence-electron chi connectivity index (χ0n) is 12.2. The molecule has 0 saturated carbocycles. The predicted octanol–water partition coefficient (Wildman–Crippen LogP) is 2.93. The van der Waals surface area contributed by atoms with Crippen LogP contribution < -0.4 is 10.1 Å². The van der Waals surface area contributed by atoms with Gasteiger partial charge in [-0.05, 0) is 44.5 Å². The second kappa shape index (κ2) is 6.21.